The van der Waals surface area contributed by atoms with Crippen molar-refractivity contribution in [2.45, 2.75) is 18.9 Å². The summed E-state index contributed by atoms with van der Waals surface area (Å²) >= 11 is 0. The fourth-order valence-corrected chi connectivity index (χ4v) is 1.13. The molecule has 14 heavy (non-hydrogen) atoms. The average Bonchev–Trinajstić information content (AvgIpc) is 2.95. The Morgan fingerprint density at radius 1 is 1.57 bits per heavy atom. The predicted molar refractivity (Wildman–Crippen MR) is 52.1 cm³/mol. The van der Waals surface area contributed by atoms with E-state index in [0.717, 1.165) is 12.8 Å². The van der Waals surface area contributed by atoms with Crippen molar-refractivity contribution in [1.29, 1.82) is 0 Å². The van der Waals surface area contributed by atoms with Gasteiger partial charge in [0.1, 0.15) is 0 Å². The Morgan fingerprint density at radius 2 is 2.29 bits per heavy atom. The summed E-state index contributed by atoms with van der Waals surface area (Å²) < 4.78 is 4.89. The van der Waals surface area contributed by atoms with E-state index in [1.54, 1.807) is 12.0 Å². The van der Waals surface area contributed by atoms with Crippen LogP contribution < -0.4 is 5.32 Å². The Kier molecular flexibility index (Phi) is 4.69. The minimum atomic E-state index is -0.0985. The molecule has 0 heterocycles. The minimum Gasteiger partial charge on any atom is -0.395 e. The Morgan fingerprint density at radius 3 is 2.79 bits per heavy atom. The second-order valence-electron chi connectivity index (χ2n) is 3.43. The molecule has 0 unspecified atom stereocenters. The van der Waals surface area contributed by atoms with Crippen LogP contribution in [0.1, 0.15) is 12.8 Å². The normalized spacial score (nSPS) is 15.3. The largest absolute Gasteiger partial charge is 0.395 e. The van der Waals surface area contributed by atoms with Crippen molar-refractivity contribution >= 4 is 6.03 Å². The molecule has 0 aromatic rings. The van der Waals surface area contributed by atoms with Gasteiger partial charge in [0.05, 0.1) is 13.2 Å². The molecule has 0 spiro atoms. The number of nitrogens with zero attached hydrogens (tertiary/aromatic N) is 1. The van der Waals surface area contributed by atoms with E-state index in [1.807, 2.05) is 0 Å². The third-order valence-corrected chi connectivity index (χ3v) is 2.13. The van der Waals surface area contributed by atoms with Gasteiger partial charge in [-0.1, -0.05) is 0 Å². The maximum atomic E-state index is 11.5. The maximum Gasteiger partial charge on any atom is 0.317 e. The number of carbonyl (C=O) groups excluding carboxylic acids is 1. The minimum absolute atomic E-state index is 0.0121. The molecule has 0 saturated heterocycles. The summed E-state index contributed by atoms with van der Waals surface area (Å²) in [5.74, 6) is 0. The van der Waals surface area contributed by atoms with Crippen molar-refractivity contribution < 1.29 is 14.6 Å². The van der Waals surface area contributed by atoms with Crippen LogP contribution in [0.3, 0.4) is 0 Å². The summed E-state index contributed by atoms with van der Waals surface area (Å²) in [5, 5.41) is 11.6. The predicted octanol–water partition coefficient (Wildman–Crippen LogP) is -0.201. The van der Waals surface area contributed by atoms with Crippen LogP contribution in [0.25, 0.3) is 0 Å². The van der Waals surface area contributed by atoms with Crippen molar-refractivity contribution in [3.63, 3.8) is 0 Å². The molecule has 1 aliphatic rings. The molecule has 0 aliphatic heterocycles. The van der Waals surface area contributed by atoms with E-state index in [1.165, 1.54) is 0 Å². The molecule has 5 nitrogen and oxygen atoms in total. The van der Waals surface area contributed by atoms with Gasteiger partial charge >= 0.3 is 6.03 Å². The Balaban J connectivity index is 2.26. The molecule has 1 aliphatic carbocycles. The highest BCUT2D eigenvalue weighted by Crippen LogP contribution is 2.18. The SMILES string of the molecule is COCCN(CCO)C(=O)NC1CC1. The molecular formula is C9H18N2O3. The van der Waals surface area contributed by atoms with Gasteiger partial charge in [0.15, 0.2) is 0 Å². The van der Waals surface area contributed by atoms with Crippen LogP contribution in [0.15, 0.2) is 0 Å². The zero-order valence-corrected chi connectivity index (χ0v) is 8.53. The topological polar surface area (TPSA) is 61.8 Å². The van der Waals surface area contributed by atoms with Crippen molar-refractivity contribution in [2.75, 3.05) is 33.4 Å². The van der Waals surface area contributed by atoms with Crippen LogP contribution in [-0.4, -0.2) is 55.5 Å². The molecular weight excluding hydrogens is 184 g/mol. The van der Waals surface area contributed by atoms with Gasteiger partial charge in [0.2, 0.25) is 0 Å². The first-order valence-corrected chi connectivity index (χ1v) is 4.93. The zero-order valence-electron chi connectivity index (χ0n) is 8.53. The monoisotopic (exact) mass is 202 g/mol. The second kappa shape index (κ2) is 5.82. The van der Waals surface area contributed by atoms with Crippen LogP contribution in [0, 0.1) is 0 Å². The van der Waals surface area contributed by atoms with Gasteiger partial charge in [-0.2, -0.15) is 0 Å². The lowest BCUT2D eigenvalue weighted by Crippen LogP contribution is -2.43. The number of aliphatic hydroxyl groups is 1. The standard InChI is InChI=1S/C9H18N2O3/c1-14-7-5-11(4-6-12)9(13)10-8-2-3-8/h8,12H,2-7H2,1H3,(H,10,13). The number of hydrogen-bond acceptors (Lipinski definition) is 3. The van der Waals surface area contributed by atoms with Crippen molar-refractivity contribution in [2.24, 2.45) is 0 Å². The van der Waals surface area contributed by atoms with Crippen molar-refractivity contribution in [1.82, 2.24) is 10.2 Å². The smallest absolute Gasteiger partial charge is 0.317 e. The molecule has 1 fully saturated rings. The summed E-state index contributed by atoms with van der Waals surface area (Å²) in [6.07, 6.45) is 2.14. The van der Waals surface area contributed by atoms with E-state index in [-0.39, 0.29) is 12.6 Å². The number of hydrogen-bond donors (Lipinski definition) is 2. The van der Waals surface area contributed by atoms with Crippen molar-refractivity contribution in [3.05, 3.63) is 0 Å². The van der Waals surface area contributed by atoms with E-state index in [9.17, 15) is 4.79 Å². The first kappa shape index (κ1) is 11.3. The Hall–Kier alpha value is -0.810. The second-order valence-corrected chi connectivity index (χ2v) is 3.43. The molecule has 82 valence electrons. The molecule has 0 aromatic carbocycles. The maximum absolute atomic E-state index is 11.5. The first-order valence-electron chi connectivity index (χ1n) is 4.93. The van der Waals surface area contributed by atoms with Crippen LogP contribution >= 0.6 is 0 Å². The molecule has 2 amide bonds. The fourth-order valence-electron chi connectivity index (χ4n) is 1.13. The van der Waals surface area contributed by atoms with Gasteiger partial charge in [0, 0.05) is 26.2 Å². The van der Waals surface area contributed by atoms with Gasteiger partial charge in [-0.3, -0.25) is 0 Å². The van der Waals surface area contributed by atoms with Crippen LogP contribution in [0.4, 0.5) is 4.79 Å². The lowest BCUT2D eigenvalue weighted by molar-refractivity contribution is 0.136. The van der Waals surface area contributed by atoms with E-state index in [4.69, 9.17) is 9.84 Å². The third kappa shape index (κ3) is 3.93. The first-order chi connectivity index (χ1) is 6.77. The van der Waals surface area contributed by atoms with E-state index < -0.39 is 0 Å². The molecule has 5 heteroatoms. The number of ether oxygens (including phenoxy) is 1. The molecule has 0 atom stereocenters. The van der Waals surface area contributed by atoms with Gasteiger partial charge in [0.25, 0.3) is 0 Å². The summed E-state index contributed by atoms with van der Waals surface area (Å²) in [6, 6.07) is 0.254. The summed E-state index contributed by atoms with van der Waals surface area (Å²) in [4.78, 5) is 13.1. The summed E-state index contributed by atoms with van der Waals surface area (Å²) in [6.45, 7) is 1.37. The number of methoxy groups -OCH3 is 1. The number of rotatable bonds is 6. The van der Waals surface area contributed by atoms with Gasteiger partial charge in [-0.05, 0) is 12.8 Å². The molecule has 2 N–H and O–H groups in total. The Labute approximate surface area is 84.0 Å². The molecule has 1 rings (SSSR count). The highest BCUT2D eigenvalue weighted by Gasteiger charge is 2.25. The quantitative estimate of drug-likeness (QED) is 0.627. The summed E-state index contributed by atoms with van der Waals surface area (Å²) in [7, 11) is 1.59. The van der Waals surface area contributed by atoms with E-state index >= 15 is 0 Å². The van der Waals surface area contributed by atoms with Crippen LogP contribution in [0.2, 0.25) is 0 Å². The molecule has 0 aromatic heterocycles. The number of urea groups is 1. The lowest BCUT2D eigenvalue weighted by Gasteiger charge is -2.21. The number of amides is 2. The summed E-state index contributed by atoms with van der Waals surface area (Å²) in [5.41, 5.74) is 0. The average molecular weight is 202 g/mol. The number of nitrogens with one attached hydrogen (secondary N) is 1. The molecule has 0 bridgehead atoms. The van der Waals surface area contributed by atoms with Crippen LogP contribution in [0.5, 0.6) is 0 Å². The number of carbonyl (C=O) groups is 1. The highest BCUT2D eigenvalue weighted by molar-refractivity contribution is 5.74. The van der Waals surface area contributed by atoms with Crippen molar-refractivity contribution in [3.8, 4) is 0 Å². The fraction of sp³-hybridized carbons (Fsp3) is 0.889. The van der Waals surface area contributed by atoms with Gasteiger partial charge < -0.3 is 20.1 Å². The highest BCUT2D eigenvalue weighted by atomic mass is 16.5. The van der Waals surface area contributed by atoms with E-state index in [2.05, 4.69) is 5.32 Å². The molecule has 0 radical (unpaired) electrons. The number of aliphatic hydroxyl groups excluding tert-OH is 1. The third-order valence-electron chi connectivity index (χ3n) is 2.13. The zero-order chi connectivity index (χ0) is 10.4. The van der Waals surface area contributed by atoms with Gasteiger partial charge in [-0.25, -0.2) is 4.79 Å². The van der Waals surface area contributed by atoms with Gasteiger partial charge in [-0.15, -0.1) is 0 Å². The Bertz CT molecular complexity index is 183. The lowest BCUT2D eigenvalue weighted by atomic mass is 10.5. The molecule has 1 saturated carbocycles. The van der Waals surface area contributed by atoms with E-state index in [0.29, 0.717) is 25.7 Å². The van der Waals surface area contributed by atoms with Crippen LogP contribution in [-0.2, 0) is 4.74 Å².